The van der Waals surface area contributed by atoms with Gasteiger partial charge in [-0.15, -0.1) is 0 Å². The molecule has 2 aromatic rings. The van der Waals surface area contributed by atoms with E-state index in [1.807, 2.05) is 0 Å². The van der Waals surface area contributed by atoms with Crippen LogP contribution in [-0.4, -0.2) is 19.4 Å². The Hall–Kier alpha value is -1.72. The predicted octanol–water partition coefficient (Wildman–Crippen LogP) is 2.55. The molecular weight excluding hydrogens is 308 g/mol. The van der Waals surface area contributed by atoms with E-state index < -0.39 is 10.0 Å². The van der Waals surface area contributed by atoms with Crippen molar-refractivity contribution in [2.24, 2.45) is 11.8 Å². The Morgan fingerprint density at radius 3 is 2.17 bits per heavy atom. The molecule has 0 aliphatic heterocycles. The predicted molar refractivity (Wildman–Crippen MR) is 88.4 cm³/mol. The Morgan fingerprint density at radius 2 is 1.61 bits per heavy atom. The fourth-order valence-electron chi connectivity index (χ4n) is 4.10. The second kappa shape index (κ2) is 5.73. The maximum atomic E-state index is 12.7. The highest BCUT2D eigenvalue weighted by atomic mass is 32.2. The van der Waals surface area contributed by atoms with Gasteiger partial charge in [0.25, 0.3) is 0 Å². The molecule has 23 heavy (non-hydrogen) atoms. The van der Waals surface area contributed by atoms with Gasteiger partial charge in [-0.3, -0.25) is 4.98 Å². The number of nitrogens with one attached hydrogen (secondary N) is 1. The van der Waals surface area contributed by atoms with Gasteiger partial charge in [-0.05, 0) is 60.8 Å². The van der Waals surface area contributed by atoms with Gasteiger partial charge in [-0.2, -0.15) is 0 Å². The van der Waals surface area contributed by atoms with E-state index in [1.165, 1.54) is 17.3 Å². The minimum Gasteiger partial charge on any atom is -0.263 e. The second-order valence-corrected chi connectivity index (χ2v) is 8.32. The van der Waals surface area contributed by atoms with Gasteiger partial charge in [0.05, 0.1) is 0 Å². The van der Waals surface area contributed by atoms with E-state index in [9.17, 15) is 8.42 Å². The molecule has 2 unspecified atom stereocenters. The lowest BCUT2D eigenvalue weighted by Gasteiger charge is -2.23. The van der Waals surface area contributed by atoms with Gasteiger partial charge in [-0.1, -0.05) is 24.3 Å². The Labute approximate surface area is 137 Å². The summed E-state index contributed by atoms with van der Waals surface area (Å²) in [5.41, 5.74) is 2.76. The standard InChI is InChI=1S/C18H20N2O2S/c21-23(22,17-6-3-9-19-12-17)20-18-15-7-8-16(18)11-14-5-2-1-4-13(14)10-15/h1-6,9,12,15-16,18,20H,7-8,10-11H2. The van der Waals surface area contributed by atoms with E-state index in [0.717, 1.165) is 25.7 Å². The zero-order valence-electron chi connectivity index (χ0n) is 12.9. The van der Waals surface area contributed by atoms with Crippen LogP contribution in [0, 0.1) is 11.8 Å². The van der Waals surface area contributed by atoms with Crippen molar-refractivity contribution in [3.63, 3.8) is 0 Å². The molecule has 1 aromatic heterocycles. The van der Waals surface area contributed by atoms with Crippen molar-refractivity contribution in [2.75, 3.05) is 0 Å². The van der Waals surface area contributed by atoms with E-state index in [0.29, 0.717) is 11.8 Å². The summed E-state index contributed by atoms with van der Waals surface area (Å²) in [6.45, 7) is 0. The molecule has 0 spiro atoms. The summed E-state index contributed by atoms with van der Waals surface area (Å²) in [6, 6.07) is 11.8. The van der Waals surface area contributed by atoms with Crippen molar-refractivity contribution in [1.82, 2.24) is 9.71 Å². The van der Waals surface area contributed by atoms with Crippen LogP contribution in [0.1, 0.15) is 24.0 Å². The van der Waals surface area contributed by atoms with Crippen molar-refractivity contribution in [3.05, 3.63) is 59.9 Å². The molecule has 2 atom stereocenters. The van der Waals surface area contributed by atoms with Crippen LogP contribution in [0.3, 0.4) is 0 Å². The highest BCUT2D eigenvalue weighted by Crippen LogP contribution is 2.40. The van der Waals surface area contributed by atoms with Crippen LogP contribution in [0.15, 0.2) is 53.7 Å². The first-order chi connectivity index (χ1) is 11.1. The van der Waals surface area contributed by atoms with Crippen LogP contribution in [0.2, 0.25) is 0 Å². The molecule has 1 N–H and O–H groups in total. The summed E-state index contributed by atoms with van der Waals surface area (Å²) in [7, 11) is -3.50. The Morgan fingerprint density at radius 1 is 0.957 bits per heavy atom. The summed E-state index contributed by atoms with van der Waals surface area (Å²) in [5, 5.41) is 0. The van der Waals surface area contributed by atoms with E-state index in [2.05, 4.69) is 34.0 Å². The third-order valence-electron chi connectivity index (χ3n) is 5.24. The van der Waals surface area contributed by atoms with Gasteiger partial charge in [0.1, 0.15) is 4.90 Å². The van der Waals surface area contributed by atoms with Gasteiger partial charge < -0.3 is 0 Å². The fraction of sp³-hybridized carbons (Fsp3) is 0.389. The van der Waals surface area contributed by atoms with Crippen LogP contribution in [0.4, 0.5) is 0 Å². The lowest BCUT2D eigenvalue weighted by atomic mass is 9.94. The molecule has 1 heterocycles. The number of hydrogen-bond acceptors (Lipinski definition) is 3. The average molecular weight is 328 g/mol. The number of pyridine rings is 1. The molecule has 2 aliphatic rings. The molecule has 1 saturated carbocycles. The number of hydrogen-bond donors (Lipinski definition) is 1. The smallest absolute Gasteiger partial charge is 0.242 e. The monoisotopic (exact) mass is 328 g/mol. The van der Waals surface area contributed by atoms with Gasteiger partial charge in [-0.25, -0.2) is 13.1 Å². The molecule has 2 bridgehead atoms. The minimum atomic E-state index is -3.50. The summed E-state index contributed by atoms with van der Waals surface area (Å²) in [5.74, 6) is 0.769. The first-order valence-electron chi connectivity index (χ1n) is 8.12. The average Bonchev–Trinajstić information content (AvgIpc) is 2.82. The van der Waals surface area contributed by atoms with Crippen LogP contribution >= 0.6 is 0 Å². The number of aromatic nitrogens is 1. The summed E-state index contributed by atoms with van der Waals surface area (Å²) in [4.78, 5) is 4.18. The first kappa shape index (κ1) is 14.8. The number of rotatable bonds is 3. The fourth-order valence-corrected chi connectivity index (χ4v) is 5.43. The molecule has 4 nitrogen and oxygen atoms in total. The maximum absolute atomic E-state index is 12.7. The summed E-state index contributed by atoms with van der Waals surface area (Å²) < 4.78 is 28.3. The molecule has 2 aliphatic carbocycles. The number of sulfonamides is 1. The Balaban J connectivity index is 1.62. The summed E-state index contributed by atoms with van der Waals surface area (Å²) >= 11 is 0. The second-order valence-electron chi connectivity index (χ2n) is 6.61. The van der Waals surface area contributed by atoms with E-state index in [1.54, 1.807) is 18.3 Å². The molecule has 120 valence electrons. The number of nitrogens with zero attached hydrogens (tertiary/aromatic N) is 1. The minimum absolute atomic E-state index is 0.0209. The van der Waals surface area contributed by atoms with Gasteiger partial charge >= 0.3 is 0 Å². The Bertz CT molecular complexity index is 772. The van der Waals surface area contributed by atoms with Crippen LogP contribution < -0.4 is 4.72 Å². The first-order valence-corrected chi connectivity index (χ1v) is 9.61. The quantitative estimate of drug-likeness (QED) is 0.942. The van der Waals surface area contributed by atoms with E-state index in [4.69, 9.17) is 0 Å². The van der Waals surface area contributed by atoms with Crippen molar-refractivity contribution in [3.8, 4) is 0 Å². The SMILES string of the molecule is O=S(=O)(NC1C2CCC1Cc1ccccc1C2)c1cccnc1. The molecule has 4 rings (SSSR count). The van der Waals surface area contributed by atoms with E-state index >= 15 is 0 Å². The topological polar surface area (TPSA) is 59.1 Å². The molecule has 0 amide bonds. The third kappa shape index (κ3) is 2.79. The van der Waals surface area contributed by atoms with Crippen molar-refractivity contribution in [2.45, 2.75) is 36.6 Å². The largest absolute Gasteiger partial charge is 0.263 e. The molecule has 0 saturated heterocycles. The molecule has 0 radical (unpaired) electrons. The molecule has 1 fully saturated rings. The Kier molecular flexibility index (Phi) is 3.70. The van der Waals surface area contributed by atoms with E-state index in [-0.39, 0.29) is 10.9 Å². The van der Waals surface area contributed by atoms with Crippen molar-refractivity contribution in [1.29, 1.82) is 0 Å². The molecule has 5 heteroatoms. The van der Waals surface area contributed by atoms with Crippen LogP contribution in [-0.2, 0) is 22.9 Å². The summed E-state index contributed by atoms with van der Waals surface area (Å²) in [6.07, 6.45) is 7.12. The molecule has 1 aromatic carbocycles. The molecular formula is C18H20N2O2S. The lowest BCUT2D eigenvalue weighted by Crippen LogP contribution is -2.41. The van der Waals surface area contributed by atoms with Crippen LogP contribution in [0.25, 0.3) is 0 Å². The zero-order valence-corrected chi connectivity index (χ0v) is 13.7. The van der Waals surface area contributed by atoms with Crippen LogP contribution in [0.5, 0.6) is 0 Å². The number of benzene rings is 1. The normalized spacial score (nSPS) is 26.5. The van der Waals surface area contributed by atoms with Gasteiger partial charge in [0.15, 0.2) is 0 Å². The maximum Gasteiger partial charge on any atom is 0.242 e. The van der Waals surface area contributed by atoms with Gasteiger partial charge in [0, 0.05) is 18.4 Å². The number of fused-ring (bicyclic) bond motifs is 3. The van der Waals surface area contributed by atoms with Crippen molar-refractivity contribution < 1.29 is 8.42 Å². The third-order valence-corrected chi connectivity index (χ3v) is 6.69. The van der Waals surface area contributed by atoms with Gasteiger partial charge in [0.2, 0.25) is 10.0 Å². The van der Waals surface area contributed by atoms with Crippen molar-refractivity contribution >= 4 is 10.0 Å². The zero-order chi connectivity index (χ0) is 15.9. The highest BCUT2D eigenvalue weighted by Gasteiger charge is 2.41. The lowest BCUT2D eigenvalue weighted by molar-refractivity contribution is 0.386. The highest BCUT2D eigenvalue weighted by molar-refractivity contribution is 7.89.